The SMILES string of the molecule is CNC(=O)c1noc(-c2cc(C(C)C)c(O)cc2O)c1-c1ccc(C(=O)N2CCOCC2)cc1. The van der Waals surface area contributed by atoms with E-state index in [9.17, 15) is 19.8 Å². The van der Waals surface area contributed by atoms with Crippen molar-refractivity contribution in [3.05, 3.63) is 53.2 Å². The third kappa shape index (κ3) is 4.34. The second-order valence-electron chi connectivity index (χ2n) is 8.38. The third-order valence-electron chi connectivity index (χ3n) is 5.86. The monoisotopic (exact) mass is 465 g/mol. The van der Waals surface area contributed by atoms with Gasteiger partial charge < -0.3 is 29.7 Å². The van der Waals surface area contributed by atoms with Crippen LogP contribution < -0.4 is 5.32 Å². The van der Waals surface area contributed by atoms with Crippen LogP contribution in [0.3, 0.4) is 0 Å². The van der Waals surface area contributed by atoms with Crippen LogP contribution in [0, 0.1) is 0 Å². The van der Waals surface area contributed by atoms with E-state index >= 15 is 0 Å². The van der Waals surface area contributed by atoms with Crippen molar-refractivity contribution in [2.75, 3.05) is 33.4 Å². The van der Waals surface area contributed by atoms with E-state index in [0.29, 0.717) is 54.1 Å². The lowest BCUT2D eigenvalue weighted by atomic mass is 9.94. The summed E-state index contributed by atoms with van der Waals surface area (Å²) in [6.07, 6.45) is 0. The lowest BCUT2D eigenvalue weighted by molar-refractivity contribution is 0.0303. The van der Waals surface area contributed by atoms with E-state index in [4.69, 9.17) is 9.26 Å². The van der Waals surface area contributed by atoms with Crippen LogP contribution in [0.25, 0.3) is 22.5 Å². The molecule has 1 saturated heterocycles. The first kappa shape index (κ1) is 23.3. The molecule has 2 heterocycles. The Bertz CT molecular complexity index is 1210. The van der Waals surface area contributed by atoms with Crippen molar-refractivity contribution in [1.82, 2.24) is 15.4 Å². The quantitative estimate of drug-likeness (QED) is 0.527. The Morgan fingerprint density at radius 1 is 1.06 bits per heavy atom. The molecule has 2 aromatic carbocycles. The molecular formula is C25H27N3O6. The molecule has 3 N–H and O–H groups in total. The maximum absolute atomic E-state index is 12.8. The maximum atomic E-state index is 12.8. The molecular weight excluding hydrogens is 438 g/mol. The van der Waals surface area contributed by atoms with E-state index in [1.165, 1.54) is 13.1 Å². The van der Waals surface area contributed by atoms with Crippen molar-refractivity contribution in [2.45, 2.75) is 19.8 Å². The van der Waals surface area contributed by atoms with Gasteiger partial charge in [-0.1, -0.05) is 31.1 Å². The van der Waals surface area contributed by atoms with Gasteiger partial charge in [-0.2, -0.15) is 0 Å². The van der Waals surface area contributed by atoms with Crippen LogP contribution in [0.4, 0.5) is 0 Å². The average Bonchev–Trinajstić information content (AvgIpc) is 3.28. The standard InChI is InChI=1S/C25H27N3O6/c1-14(2)17-12-18(20(30)13-19(17)29)23-21(22(27-34-23)24(31)26-3)15-4-6-16(7-5-15)25(32)28-8-10-33-11-9-28/h4-7,12-14,29-30H,8-11H2,1-3H3,(H,26,31). The zero-order valence-electron chi connectivity index (χ0n) is 19.3. The number of nitrogens with zero attached hydrogens (tertiary/aromatic N) is 2. The molecule has 2 amide bonds. The maximum Gasteiger partial charge on any atom is 0.273 e. The Balaban J connectivity index is 1.79. The van der Waals surface area contributed by atoms with Gasteiger partial charge in [0.25, 0.3) is 11.8 Å². The van der Waals surface area contributed by atoms with E-state index < -0.39 is 5.91 Å². The predicted octanol–water partition coefficient (Wildman–Crippen LogP) is 3.38. The summed E-state index contributed by atoms with van der Waals surface area (Å²) < 4.78 is 10.9. The zero-order valence-corrected chi connectivity index (χ0v) is 19.3. The summed E-state index contributed by atoms with van der Waals surface area (Å²) in [7, 11) is 1.49. The molecule has 1 aliphatic heterocycles. The Hall–Kier alpha value is -3.85. The largest absolute Gasteiger partial charge is 0.508 e. The van der Waals surface area contributed by atoms with Gasteiger partial charge in [-0.05, 0) is 35.2 Å². The van der Waals surface area contributed by atoms with E-state index in [1.54, 1.807) is 35.2 Å². The van der Waals surface area contributed by atoms with E-state index in [2.05, 4.69) is 10.5 Å². The smallest absolute Gasteiger partial charge is 0.273 e. The molecule has 9 nitrogen and oxygen atoms in total. The van der Waals surface area contributed by atoms with Crippen LogP contribution >= 0.6 is 0 Å². The molecule has 0 bridgehead atoms. The molecule has 1 aliphatic rings. The lowest BCUT2D eigenvalue weighted by Crippen LogP contribution is -2.40. The summed E-state index contributed by atoms with van der Waals surface area (Å²) in [5, 5.41) is 27.3. The highest BCUT2D eigenvalue weighted by Gasteiger charge is 2.27. The zero-order chi connectivity index (χ0) is 24.4. The minimum atomic E-state index is -0.458. The molecule has 4 rings (SSSR count). The number of rotatable bonds is 5. The molecule has 9 heteroatoms. The Labute approximate surface area is 196 Å². The molecule has 178 valence electrons. The Morgan fingerprint density at radius 2 is 1.74 bits per heavy atom. The number of phenolic OH excluding ortho intramolecular Hbond substituents is 2. The summed E-state index contributed by atoms with van der Waals surface area (Å²) >= 11 is 0. The first-order valence-electron chi connectivity index (χ1n) is 11.1. The van der Waals surface area contributed by atoms with Gasteiger partial charge >= 0.3 is 0 Å². The highest BCUT2D eigenvalue weighted by molar-refractivity contribution is 6.03. The van der Waals surface area contributed by atoms with Gasteiger partial charge in [-0.3, -0.25) is 9.59 Å². The Morgan fingerprint density at radius 3 is 2.35 bits per heavy atom. The van der Waals surface area contributed by atoms with Crippen LogP contribution in [-0.4, -0.2) is 65.4 Å². The van der Waals surface area contributed by atoms with Crippen molar-refractivity contribution in [3.8, 4) is 33.9 Å². The van der Waals surface area contributed by atoms with E-state index in [0.717, 1.165) is 0 Å². The van der Waals surface area contributed by atoms with Crippen molar-refractivity contribution in [1.29, 1.82) is 0 Å². The number of aromatic hydroxyl groups is 2. The van der Waals surface area contributed by atoms with Crippen LogP contribution in [0.2, 0.25) is 0 Å². The number of amides is 2. The molecule has 0 atom stereocenters. The summed E-state index contributed by atoms with van der Waals surface area (Å²) in [6, 6.07) is 9.69. The van der Waals surface area contributed by atoms with Crippen molar-refractivity contribution in [3.63, 3.8) is 0 Å². The molecule has 0 aliphatic carbocycles. The van der Waals surface area contributed by atoms with Gasteiger partial charge in [-0.15, -0.1) is 0 Å². The van der Waals surface area contributed by atoms with Gasteiger partial charge in [0.05, 0.1) is 24.3 Å². The highest BCUT2D eigenvalue weighted by Crippen LogP contribution is 2.43. The molecule has 1 aromatic heterocycles. The number of phenols is 2. The highest BCUT2D eigenvalue weighted by atomic mass is 16.5. The number of hydrogen-bond acceptors (Lipinski definition) is 7. The molecule has 3 aromatic rings. The lowest BCUT2D eigenvalue weighted by Gasteiger charge is -2.26. The number of carbonyl (C=O) groups excluding carboxylic acids is 2. The second-order valence-corrected chi connectivity index (χ2v) is 8.38. The van der Waals surface area contributed by atoms with Crippen LogP contribution in [-0.2, 0) is 4.74 Å². The number of nitrogens with one attached hydrogen (secondary N) is 1. The van der Waals surface area contributed by atoms with Crippen LogP contribution in [0.1, 0.15) is 46.2 Å². The van der Waals surface area contributed by atoms with Gasteiger partial charge in [0.1, 0.15) is 11.5 Å². The van der Waals surface area contributed by atoms with Gasteiger partial charge in [0.2, 0.25) is 0 Å². The molecule has 0 spiro atoms. The van der Waals surface area contributed by atoms with Gasteiger partial charge in [0.15, 0.2) is 11.5 Å². The third-order valence-corrected chi connectivity index (χ3v) is 5.86. The minimum Gasteiger partial charge on any atom is -0.508 e. The molecule has 1 fully saturated rings. The number of aromatic nitrogens is 1. The number of ether oxygens (including phenoxy) is 1. The van der Waals surface area contributed by atoms with E-state index in [-0.39, 0.29) is 34.8 Å². The Kier molecular flexibility index (Phi) is 6.56. The average molecular weight is 466 g/mol. The summed E-state index contributed by atoms with van der Waals surface area (Å²) in [5.74, 6) is -0.623. The van der Waals surface area contributed by atoms with Crippen molar-refractivity contribution >= 4 is 11.8 Å². The first-order valence-corrected chi connectivity index (χ1v) is 11.1. The molecule has 0 radical (unpaired) electrons. The van der Waals surface area contributed by atoms with Gasteiger partial charge in [-0.25, -0.2) is 0 Å². The fourth-order valence-electron chi connectivity index (χ4n) is 3.98. The summed E-state index contributed by atoms with van der Waals surface area (Å²) in [5.41, 5.74) is 2.44. The normalized spacial score (nSPS) is 13.8. The fourth-order valence-corrected chi connectivity index (χ4v) is 3.98. The molecule has 0 unspecified atom stereocenters. The summed E-state index contributed by atoms with van der Waals surface area (Å²) in [6.45, 7) is 5.93. The minimum absolute atomic E-state index is 0.0189. The van der Waals surface area contributed by atoms with Crippen LogP contribution in [0.15, 0.2) is 40.9 Å². The summed E-state index contributed by atoms with van der Waals surface area (Å²) in [4.78, 5) is 27.1. The van der Waals surface area contributed by atoms with Gasteiger partial charge in [0, 0.05) is 31.8 Å². The number of morpholine rings is 1. The van der Waals surface area contributed by atoms with Crippen molar-refractivity contribution in [2.24, 2.45) is 0 Å². The molecule has 0 saturated carbocycles. The fraction of sp³-hybridized carbons (Fsp3) is 0.320. The van der Waals surface area contributed by atoms with Crippen molar-refractivity contribution < 1.29 is 29.1 Å². The number of benzene rings is 2. The number of hydrogen-bond donors (Lipinski definition) is 3. The second kappa shape index (κ2) is 9.56. The number of carbonyl (C=O) groups is 2. The topological polar surface area (TPSA) is 125 Å². The molecule has 34 heavy (non-hydrogen) atoms. The predicted molar refractivity (Wildman–Crippen MR) is 125 cm³/mol. The van der Waals surface area contributed by atoms with Crippen LogP contribution in [0.5, 0.6) is 11.5 Å². The first-order chi connectivity index (χ1) is 16.3. The van der Waals surface area contributed by atoms with E-state index in [1.807, 2.05) is 13.8 Å².